The summed E-state index contributed by atoms with van der Waals surface area (Å²) in [6, 6.07) is -0.807. The van der Waals surface area contributed by atoms with Crippen LogP contribution in [0.1, 0.15) is 309 Å². The molecule has 0 aromatic heterocycles. The normalized spacial score (nSPS) is 19.0. The van der Waals surface area contributed by atoms with Gasteiger partial charge in [0.15, 0.2) is 6.29 Å². The third-order valence-electron chi connectivity index (χ3n) is 15.8. The Bertz CT molecular complexity index is 1470. The van der Waals surface area contributed by atoms with Gasteiger partial charge in [0.1, 0.15) is 24.4 Å². The van der Waals surface area contributed by atoms with Gasteiger partial charge in [0.25, 0.3) is 0 Å². The topological polar surface area (TPSA) is 149 Å². The van der Waals surface area contributed by atoms with E-state index in [0.29, 0.717) is 6.42 Å². The number of ether oxygens (including phenoxy) is 2. The summed E-state index contributed by atoms with van der Waals surface area (Å²) in [4.78, 5) is 13.1. The number of amides is 1. The second-order valence-electron chi connectivity index (χ2n) is 23.2. The first-order chi connectivity index (χ1) is 38.8. The summed E-state index contributed by atoms with van der Waals surface area (Å²) in [5, 5.41) is 54.7. The first-order valence-electron chi connectivity index (χ1n) is 33.7. The Morgan fingerprint density at radius 2 is 0.785 bits per heavy atom. The highest BCUT2D eigenvalue weighted by Crippen LogP contribution is 2.23. The van der Waals surface area contributed by atoms with E-state index in [9.17, 15) is 30.3 Å². The van der Waals surface area contributed by atoms with Crippen molar-refractivity contribution >= 4 is 5.91 Å². The largest absolute Gasteiger partial charge is 0.394 e. The predicted molar refractivity (Wildman–Crippen MR) is 336 cm³/mol. The minimum Gasteiger partial charge on any atom is -0.394 e. The monoisotopic (exact) mass is 1110 g/mol. The Labute approximate surface area is 487 Å². The summed E-state index contributed by atoms with van der Waals surface area (Å²) in [6.45, 7) is 3.70. The lowest BCUT2D eigenvalue weighted by Crippen LogP contribution is -2.60. The van der Waals surface area contributed by atoms with Crippen LogP contribution in [0.2, 0.25) is 0 Å². The zero-order chi connectivity index (χ0) is 57.2. The summed E-state index contributed by atoms with van der Waals surface area (Å²) < 4.78 is 11.3. The van der Waals surface area contributed by atoms with Gasteiger partial charge < -0.3 is 40.3 Å². The quantitative estimate of drug-likeness (QED) is 0.0261. The molecule has 0 aromatic rings. The lowest BCUT2D eigenvalue weighted by Gasteiger charge is -2.40. The van der Waals surface area contributed by atoms with Crippen LogP contribution in [0.25, 0.3) is 0 Å². The highest BCUT2D eigenvalue weighted by Gasteiger charge is 2.44. The fourth-order valence-corrected chi connectivity index (χ4v) is 10.5. The summed E-state index contributed by atoms with van der Waals surface area (Å²) in [7, 11) is 0. The molecule has 1 aliphatic rings. The summed E-state index contributed by atoms with van der Waals surface area (Å²) in [5.74, 6) is -0.173. The Balaban J connectivity index is 2.12. The average molecular weight is 1110 g/mol. The standard InChI is InChI=1S/C70H127NO8/c1-3-5-7-9-11-13-15-17-19-21-23-25-26-27-28-29-30-31-32-33-34-35-36-37-38-40-42-44-46-48-50-52-54-56-58-60-66(74)71-63(62-78-70-69(77)68(76)67(75)65(61-72)79-70)64(73)59-57-55-53-51-49-47-45-43-41-39-24-22-20-18-16-14-12-10-8-6-4-2/h5,7,11,13,17,19,23,25,27-28,57,59,63-65,67-70,72-73,75-77H,3-4,6,8-10,12,14-16,18,20-22,24,26,29-56,58,60-62H2,1-2H3,(H,71,74)/b7-5-,13-11-,19-17-,25-23-,28-27-,59-57+. The van der Waals surface area contributed by atoms with Gasteiger partial charge in [0.2, 0.25) is 5.91 Å². The van der Waals surface area contributed by atoms with Crippen molar-refractivity contribution < 1.29 is 39.8 Å². The van der Waals surface area contributed by atoms with Gasteiger partial charge in [-0.05, 0) is 64.2 Å². The van der Waals surface area contributed by atoms with Gasteiger partial charge in [-0.2, -0.15) is 0 Å². The fourth-order valence-electron chi connectivity index (χ4n) is 10.5. The van der Waals surface area contributed by atoms with Crippen LogP contribution in [0.3, 0.4) is 0 Å². The zero-order valence-corrected chi connectivity index (χ0v) is 51.4. The maximum atomic E-state index is 13.1. The molecule has 0 bridgehead atoms. The molecule has 1 heterocycles. The fraction of sp³-hybridized carbons (Fsp3) is 0.814. The van der Waals surface area contributed by atoms with Gasteiger partial charge in [-0.15, -0.1) is 0 Å². The van der Waals surface area contributed by atoms with E-state index in [-0.39, 0.29) is 12.5 Å². The van der Waals surface area contributed by atoms with Crippen molar-refractivity contribution in [1.82, 2.24) is 5.32 Å². The maximum absolute atomic E-state index is 13.1. The Kier molecular flexibility index (Phi) is 55.6. The van der Waals surface area contributed by atoms with Crippen molar-refractivity contribution in [3.8, 4) is 0 Å². The molecule has 0 aliphatic carbocycles. The first kappa shape index (κ1) is 74.6. The van der Waals surface area contributed by atoms with Crippen LogP contribution < -0.4 is 5.32 Å². The molecule has 460 valence electrons. The van der Waals surface area contributed by atoms with Crippen molar-refractivity contribution in [3.63, 3.8) is 0 Å². The number of unbranched alkanes of at least 4 members (excludes halogenated alkanes) is 38. The molecular weight excluding hydrogens is 983 g/mol. The number of hydrogen-bond donors (Lipinski definition) is 6. The molecule has 1 aliphatic heterocycles. The minimum absolute atomic E-state index is 0.173. The molecule has 1 saturated heterocycles. The first-order valence-corrected chi connectivity index (χ1v) is 33.7. The van der Waals surface area contributed by atoms with E-state index in [4.69, 9.17) is 9.47 Å². The van der Waals surface area contributed by atoms with Crippen LogP contribution in [0.4, 0.5) is 0 Å². The van der Waals surface area contributed by atoms with E-state index in [1.165, 1.54) is 218 Å². The maximum Gasteiger partial charge on any atom is 0.220 e. The zero-order valence-electron chi connectivity index (χ0n) is 51.4. The van der Waals surface area contributed by atoms with Crippen LogP contribution in [-0.2, 0) is 14.3 Å². The summed E-state index contributed by atoms with van der Waals surface area (Å²) in [5.41, 5.74) is 0. The SMILES string of the molecule is CC/C=C\C/C=C\C/C=C\C/C=C\C/C=C\CCCCCCCCCCCCCCCCCCCCCC(=O)NC(COC1OC(CO)C(O)C(O)C1O)C(O)/C=C/CCCCCCCCCCCCCCCCCCCCC. The van der Waals surface area contributed by atoms with Crippen molar-refractivity contribution in [3.05, 3.63) is 72.9 Å². The average Bonchev–Trinajstić information content (AvgIpc) is 3.47. The highest BCUT2D eigenvalue weighted by molar-refractivity contribution is 5.76. The predicted octanol–water partition coefficient (Wildman–Crippen LogP) is 18.0. The number of allylic oxidation sites excluding steroid dienone is 11. The van der Waals surface area contributed by atoms with Gasteiger partial charge in [-0.25, -0.2) is 0 Å². The van der Waals surface area contributed by atoms with E-state index in [1.54, 1.807) is 6.08 Å². The molecule has 0 spiro atoms. The van der Waals surface area contributed by atoms with Gasteiger partial charge >= 0.3 is 0 Å². The molecule has 1 rings (SSSR count). The van der Waals surface area contributed by atoms with E-state index in [1.807, 2.05) is 6.08 Å². The van der Waals surface area contributed by atoms with E-state index in [0.717, 1.165) is 70.6 Å². The second-order valence-corrected chi connectivity index (χ2v) is 23.2. The third-order valence-corrected chi connectivity index (χ3v) is 15.8. The molecule has 9 heteroatoms. The lowest BCUT2D eigenvalue weighted by atomic mass is 9.99. The molecular formula is C70H127NO8. The number of aliphatic hydroxyl groups is 5. The summed E-state index contributed by atoms with van der Waals surface area (Å²) >= 11 is 0. The molecule has 1 fully saturated rings. The molecule has 0 radical (unpaired) electrons. The Morgan fingerprint density at radius 3 is 1.16 bits per heavy atom. The van der Waals surface area contributed by atoms with Crippen molar-refractivity contribution in [2.75, 3.05) is 13.2 Å². The van der Waals surface area contributed by atoms with Crippen molar-refractivity contribution in [1.29, 1.82) is 0 Å². The minimum atomic E-state index is -1.57. The van der Waals surface area contributed by atoms with Crippen LogP contribution >= 0.6 is 0 Å². The molecule has 0 aromatic carbocycles. The third kappa shape index (κ3) is 47.8. The number of nitrogens with one attached hydrogen (secondary N) is 1. The van der Waals surface area contributed by atoms with Crippen LogP contribution in [0.15, 0.2) is 72.9 Å². The Hall–Kier alpha value is -2.37. The van der Waals surface area contributed by atoms with Crippen LogP contribution in [0.5, 0.6) is 0 Å². The van der Waals surface area contributed by atoms with Crippen LogP contribution in [-0.4, -0.2) is 87.5 Å². The van der Waals surface area contributed by atoms with Crippen molar-refractivity contribution in [2.45, 2.75) is 352 Å². The van der Waals surface area contributed by atoms with E-state index < -0.39 is 49.5 Å². The molecule has 0 saturated carbocycles. The van der Waals surface area contributed by atoms with E-state index in [2.05, 4.69) is 79.9 Å². The Morgan fingerprint density at radius 1 is 0.443 bits per heavy atom. The van der Waals surface area contributed by atoms with Gasteiger partial charge in [0, 0.05) is 6.42 Å². The molecule has 79 heavy (non-hydrogen) atoms. The molecule has 6 N–H and O–H groups in total. The molecule has 9 nitrogen and oxygen atoms in total. The lowest BCUT2D eigenvalue weighted by molar-refractivity contribution is -0.302. The number of carbonyl (C=O) groups excluding carboxylic acids is 1. The number of hydrogen-bond acceptors (Lipinski definition) is 8. The van der Waals surface area contributed by atoms with Gasteiger partial charge in [-0.3, -0.25) is 4.79 Å². The molecule has 1 amide bonds. The number of carbonyl (C=O) groups is 1. The smallest absolute Gasteiger partial charge is 0.220 e. The highest BCUT2D eigenvalue weighted by atomic mass is 16.7. The number of aliphatic hydroxyl groups excluding tert-OH is 5. The second kappa shape index (κ2) is 58.8. The van der Waals surface area contributed by atoms with Crippen LogP contribution in [0, 0.1) is 0 Å². The van der Waals surface area contributed by atoms with Gasteiger partial charge in [-0.1, -0.05) is 311 Å². The van der Waals surface area contributed by atoms with Gasteiger partial charge in [0.05, 0.1) is 25.4 Å². The van der Waals surface area contributed by atoms with E-state index >= 15 is 0 Å². The van der Waals surface area contributed by atoms with Crippen molar-refractivity contribution in [2.24, 2.45) is 0 Å². The summed E-state index contributed by atoms with van der Waals surface area (Å²) in [6.07, 6.45) is 75.7. The number of rotatable bonds is 58. The molecule has 7 unspecified atom stereocenters. The molecule has 7 atom stereocenters.